The normalized spacial score (nSPS) is 14.9. The molecule has 0 fully saturated rings. The van der Waals surface area contributed by atoms with Gasteiger partial charge in [0.1, 0.15) is 0 Å². The number of allylic oxidation sites excluding steroid dienone is 2. The van der Waals surface area contributed by atoms with Gasteiger partial charge in [0.25, 0.3) is 0 Å². The van der Waals surface area contributed by atoms with Gasteiger partial charge in [-0.05, 0) is 32.3 Å². The minimum atomic E-state index is -0.322. The van der Waals surface area contributed by atoms with Crippen LogP contribution in [0, 0.1) is 17.3 Å². The number of hydrogen-bond donors (Lipinski definition) is 2. The lowest BCUT2D eigenvalue weighted by Gasteiger charge is -2.37. The summed E-state index contributed by atoms with van der Waals surface area (Å²) in [6, 6.07) is -0.137. The third-order valence-corrected chi connectivity index (χ3v) is 3.69. The van der Waals surface area contributed by atoms with Crippen LogP contribution in [0.4, 0.5) is 0 Å². The average molecular weight is 388 g/mol. The highest BCUT2D eigenvalue weighted by molar-refractivity contribution is 6.04. The molecule has 28 heavy (non-hydrogen) atoms. The first-order chi connectivity index (χ1) is 13.1. The van der Waals surface area contributed by atoms with E-state index in [1.54, 1.807) is 4.90 Å². The Morgan fingerprint density at radius 1 is 1.32 bits per heavy atom. The van der Waals surface area contributed by atoms with Crippen LogP contribution < -0.4 is 5.73 Å². The monoisotopic (exact) mass is 387 g/mol. The van der Waals surface area contributed by atoms with Crippen LogP contribution in [0.5, 0.6) is 0 Å². The third-order valence-electron chi connectivity index (χ3n) is 3.69. The molecule has 1 aliphatic heterocycles. The lowest BCUT2D eigenvalue weighted by Crippen LogP contribution is -2.46. The summed E-state index contributed by atoms with van der Waals surface area (Å²) < 4.78 is 0. The van der Waals surface area contributed by atoms with Crippen molar-refractivity contribution >= 4 is 17.4 Å². The molecule has 0 unspecified atom stereocenters. The van der Waals surface area contributed by atoms with Crippen LogP contribution in [0.1, 0.15) is 67.2 Å². The molecule has 0 aromatic carbocycles. The minimum Gasteiger partial charge on any atom is -0.402 e. The first-order valence-corrected chi connectivity index (χ1v) is 9.76. The molecule has 5 heteroatoms. The zero-order valence-corrected chi connectivity index (χ0v) is 18.4. The molecule has 0 spiro atoms. The molecule has 0 aromatic rings. The van der Waals surface area contributed by atoms with Gasteiger partial charge in [-0.1, -0.05) is 38.8 Å². The maximum absolute atomic E-state index is 11.7. The van der Waals surface area contributed by atoms with Crippen LogP contribution in [-0.4, -0.2) is 34.9 Å². The molecule has 0 aromatic heterocycles. The van der Waals surface area contributed by atoms with Gasteiger partial charge in [-0.15, -0.1) is 6.58 Å². The van der Waals surface area contributed by atoms with E-state index in [9.17, 15) is 9.59 Å². The number of hydrogen-bond acceptors (Lipinski definition) is 4. The fourth-order valence-corrected chi connectivity index (χ4v) is 2.62. The fraction of sp³-hybridized carbons (Fsp3) is 0.522. The molecule has 1 heterocycles. The van der Waals surface area contributed by atoms with Gasteiger partial charge in [0.2, 0.25) is 11.7 Å². The second-order valence-corrected chi connectivity index (χ2v) is 6.38. The van der Waals surface area contributed by atoms with Crippen molar-refractivity contribution in [3.05, 3.63) is 36.1 Å². The number of nitrogens with zero attached hydrogens (tertiary/aromatic N) is 1. The third kappa shape index (κ3) is 10.5. The van der Waals surface area contributed by atoms with Crippen molar-refractivity contribution in [2.24, 2.45) is 5.73 Å². The fourth-order valence-electron chi connectivity index (χ4n) is 2.62. The van der Waals surface area contributed by atoms with E-state index in [1.165, 1.54) is 12.5 Å². The Balaban J connectivity index is 0. The van der Waals surface area contributed by atoms with Gasteiger partial charge < -0.3 is 16.0 Å². The van der Waals surface area contributed by atoms with E-state index in [4.69, 9.17) is 11.1 Å². The smallest absolute Gasteiger partial charge is 0.228 e. The first-order valence-electron chi connectivity index (χ1n) is 9.76. The Morgan fingerprint density at radius 2 is 1.86 bits per heavy atom. The van der Waals surface area contributed by atoms with Crippen molar-refractivity contribution in [3.63, 3.8) is 0 Å². The lowest BCUT2D eigenvalue weighted by molar-refractivity contribution is -0.130. The minimum absolute atomic E-state index is 0.000946. The Hall–Kier alpha value is -2.61. The predicted octanol–water partition coefficient (Wildman–Crippen LogP) is 4.40. The molecule has 1 amide bonds. The van der Waals surface area contributed by atoms with Crippen molar-refractivity contribution < 1.29 is 9.59 Å². The molecule has 1 aliphatic rings. The average Bonchev–Trinajstić information content (AvgIpc) is 2.65. The molecule has 1 atom stereocenters. The van der Waals surface area contributed by atoms with Gasteiger partial charge in [-0.25, -0.2) is 0 Å². The molecule has 3 N–H and O–H groups in total. The molecule has 5 nitrogen and oxygen atoms in total. The van der Waals surface area contributed by atoms with Crippen molar-refractivity contribution in [1.29, 1.82) is 5.41 Å². The number of carbonyl (C=O) groups is 2. The SMILES string of the molecule is C=C(C)C.C=CC(=O)C#CCCC(=N)C1=C(N)CCN(C(C)=O)[C@H]1CC.CC. The van der Waals surface area contributed by atoms with Gasteiger partial charge in [0.15, 0.2) is 0 Å². The molecule has 0 aliphatic carbocycles. The van der Waals surface area contributed by atoms with E-state index >= 15 is 0 Å². The van der Waals surface area contributed by atoms with Crippen molar-refractivity contribution in [3.8, 4) is 11.8 Å². The zero-order chi connectivity index (χ0) is 22.3. The Labute approximate surface area is 171 Å². The van der Waals surface area contributed by atoms with E-state index in [-0.39, 0.29) is 17.7 Å². The van der Waals surface area contributed by atoms with Crippen LogP contribution in [0.2, 0.25) is 0 Å². The largest absolute Gasteiger partial charge is 0.402 e. The Morgan fingerprint density at radius 3 is 2.29 bits per heavy atom. The summed E-state index contributed by atoms with van der Waals surface area (Å²) in [5.41, 5.74) is 9.08. The van der Waals surface area contributed by atoms with E-state index in [1.807, 2.05) is 34.6 Å². The number of carbonyl (C=O) groups excluding carboxylic acids is 2. The second-order valence-electron chi connectivity index (χ2n) is 6.38. The summed E-state index contributed by atoms with van der Waals surface area (Å²) in [5, 5.41) is 8.26. The summed E-state index contributed by atoms with van der Waals surface area (Å²) >= 11 is 0. The number of nitrogens with one attached hydrogen (secondary N) is 1. The van der Waals surface area contributed by atoms with E-state index < -0.39 is 0 Å². The highest BCUT2D eigenvalue weighted by Crippen LogP contribution is 2.26. The number of ketones is 1. The lowest BCUT2D eigenvalue weighted by atomic mass is 9.89. The van der Waals surface area contributed by atoms with E-state index in [2.05, 4.69) is 25.0 Å². The molecule has 0 radical (unpaired) electrons. The molecule has 1 rings (SSSR count). The molecular formula is C23H37N3O2. The predicted molar refractivity (Wildman–Crippen MR) is 119 cm³/mol. The maximum atomic E-state index is 11.7. The summed E-state index contributed by atoms with van der Waals surface area (Å²) in [7, 11) is 0. The highest BCUT2D eigenvalue weighted by atomic mass is 16.2. The molecule has 0 saturated heterocycles. The summed E-state index contributed by atoms with van der Waals surface area (Å²) in [6.45, 7) is 19.0. The summed E-state index contributed by atoms with van der Waals surface area (Å²) in [5.74, 6) is 4.85. The van der Waals surface area contributed by atoms with Gasteiger partial charge >= 0.3 is 0 Å². The number of amides is 1. The Bertz CT molecular complexity index is 659. The van der Waals surface area contributed by atoms with Gasteiger partial charge in [0.05, 0.1) is 6.04 Å². The highest BCUT2D eigenvalue weighted by Gasteiger charge is 2.30. The van der Waals surface area contributed by atoms with Gasteiger partial charge in [0, 0.05) is 49.7 Å². The van der Waals surface area contributed by atoms with E-state index in [0.717, 1.165) is 18.1 Å². The van der Waals surface area contributed by atoms with Crippen molar-refractivity contribution in [1.82, 2.24) is 4.90 Å². The van der Waals surface area contributed by atoms with Crippen LogP contribution in [-0.2, 0) is 9.59 Å². The number of rotatable bonds is 5. The summed E-state index contributed by atoms with van der Waals surface area (Å²) in [4.78, 5) is 24.5. The summed E-state index contributed by atoms with van der Waals surface area (Å²) in [6.07, 6.45) is 3.30. The van der Waals surface area contributed by atoms with Gasteiger partial charge in [-0.3, -0.25) is 9.59 Å². The molecule has 0 saturated carbocycles. The zero-order valence-electron chi connectivity index (χ0n) is 18.4. The first kappa shape index (κ1) is 27.6. The van der Waals surface area contributed by atoms with Crippen molar-refractivity contribution in [2.45, 2.75) is 73.3 Å². The standard InChI is InChI=1S/C17H23N3O2.C4H8.C2H6/c1-4-13(22)8-6-7-9-14(18)17-15(19)10-11-20(12(3)21)16(17)5-2;1-4(2)3;1-2/h4,16,18H,1,5,7,9-11,19H2,2-3H3;1H2,2-3H3;1-2H3/t16-;;/m0../s1. The molecule has 0 bridgehead atoms. The molecular weight excluding hydrogens is 350 g/mol. The van der Waals surface area contributed by atoms with Crippen LogP contribution >= 0.6 is 0 Å². The van der Waals surface area contributed by atoms with E-state index in [0.29, 0.717) is 37.2 Å². The van der Waals surface area contributed by atoms with Crippen molar-refractivity contribution in [2.75, 3.05) is 6.54 Å². The van der Waals surface area contributed by atoms with Crippen LogP contribution in [0.15, 0.2) is 36.1 Å². The second kappa shape index (κ2) is 15.4. The van der Waals surface area contributed by atoms with Crippen LogP contribution in [0.25, 0.3) is 0 Å². The maximum Gasteiger partial charge on any atom is 0.228 e. The Kier molecular flexibility index (Phi) is 15.2. The van der Waals surface area contributed by atoms with Gasteiger partial charge in [-0.2, -0.15) is 0 Å². The van der Waals surface area contributed by atoms with Crippen LogP contribution in [0.3, 0.4) is 0 Å². The quantitative estimate of drug-likeness (QED) is 0.241. The number of nitrogens with two attached hydrogens (primary N) is 1. The molecule has 156 valence electrons. The topological polar surface area (TPSA) is 87.2 Å².